The van der Waals surface area contributed by atoms with Gasteiger partial charge in [-0.1, -0.05) is 11.6 Å². The average molecular weight is 521 g/mol. The van der Waals surface area contributed by atoms with E-state index in [4.69, 9.17) is 16.0 Å². The van der Waals surface area contributed by atoms with Crippen LogP contribution in [0.15, 0.2) is 52.9 Å². The molecule has 0 aliphatic carbocycles. The van der Waals surface area contributed by atoms with E-state index in [0.717, 1.165) is 24.8 Å². The Hall–Kier alpha value is -3.58. The molecule has 2 aliphatic heterocycles. The van der Waals surface area contributed by atoms with Gasteiger partial charge >= 0.3 is 5.97 Å². The van der Waals surface area contributed by atoms with Crippen molar-refractivity contribution < 1.29 is 23.9 Å². The van der Waals surface area contributed by atoms with Crippen molar-refractivity contribution in [3.05, 3.63) is 81.6 Å². The number of nitrogens with zero attached hydrogens (tertiary/aromatic N) is 2. The number of likely N-dealkylation sites (tertiary alicyclic amines) is 2. The molecule has 2 aliphatic rings. The number of carbonyl (C=O) groups is 3. The molecule has 5 rings (SSSR count). The summed E-state index contributed by atoms with van der Waals surface area (Å²) in [5.41, 5.74) is 2.81. The number of rotatable bonds is 4. The third-order valence-corrected chi connectivity index (χ3v) is 8.03. The topological polar surface area (TPSA) is 91.1 Å². The number of benzene rings is 2. The van der Waals surface area contributed by atoms with Gasteiger partial charge in [0.25, 0.3) is 11.8 Å². The van der Waals surface area contributed by atoms with E-state index in [1.54, 1.807) is 50.2 Å². The second kappa shape index (κ2) is 9.71. The van der Waals surface area contributed by atoms with Crippen molar-refractivity contribution in [2.75, 3.05) is 26.2 Å². The number of hydrogen-bond acceptors (Lipinski definition) is 4. The maximum Gasteiger partial charge on any atom is 0.336 e. The standard InChI is InChI=1S/C29H29ClN2O5/c1-18-15-21(16-19(2)25(18)28(35)36)26(33)31-12-9-29(10-13-31)11-14-32(17-29)27(34)24-8-7-23(37-24)20-3-5-22(30)6-4-20/h3-8,15-16H,9-14,17H2,1-2H3,(H,35,36). The number of piperidine rings is 1. The Morgan fingerprint density at radius 1 is 0.865 bits per heavy atom. The fourth-order valence-electron chi connectivity index (χ4n) is 5.69. The molecule has 0 bridgehead atoms. The molecule has 8 heteroatoms. The minimum absolute atomic E-state index is 0.00294. The molecule has 3 heterocycles. The third-order valence-electron chi connectivity index (χ3n) is 7.78. The lowest BCUT2D eigenvalue weighted by Crippen LogP contribution is -2.44. The van der Waals surface area contributed by atoms with Crippen LogP contribution in [-0.4, -0.2) is 58.9 Å². The molecule has 0 atom stereocenters. The van der Waals surface area contributed by atoms with Gasteiger partial charge in [0.05, 0.1) is 5.56 Å². The van der Waals surface area contributed by atoms with Crippen molar-refractivity contribution >= 4 is 29.4 Å². The molecule has 1 N–H and O–H groups in total. The van der Waals surface area contributed by atoms with Crippen molar-refractivity contribution in [2.45, 2.75) is 33.1 Å². The number of carboxylic acids is 1. The van der Waals surface area contributed by atoms with Crippen LogP contribution >= 0.6 is 11.6 Å². The number of amides is 2. The molecule has 3 aromatic rings. The summed E-state index contributed by atoms with van der Waals surface area (Å²) in [6.07, 6.45) is 2.54. The van der Waals surface area contributed by atoms with Gasteiger partial charge < -0.3 is 19.3 Å². The predicted molar refractivity (Wildman–Crippen MR) is 140 cm³/mol. The molecule has 2 amide bonds. The highest BCUT2D eigenvalue weighted by Gasteiger charge is 2.43. The Balaban J connectivity index is 1.21. The first-order chi connectivity index (χ1) is 17.7. The number of hydrogen-bond donors (Lipinski definition) is 1. The summed E-state index contributed by atoms with van der Waals surface area (Å²) in [7, 11) is 0. The normalized spacial score (nSPS) is 16.8. The Bertz CT molecular complexity index is 1350. The van der Waals surface area contributed by atoms with Gasteiger partial charge in [0.2, 0.25) is 0 Å². The summed E-state index contributed by atoms with van der Waals surface area (Å²) in [5.74, 6) is -0.216. The molecule has 0 unspecified atom stereocenters. The van der Waals surface area contributed by atoms with E-state index >= 15 is 0 Å². The first kappa shape index (κ1) is 25.1. The van der Waals surface area contributed by atoms with Gasteiger partial charge in [-0.25, -0.2) is 4.79 Å². The van der Waals surface area contributed by atoms with Gasteiger partial charge in [0.1, 0.15) is 5.76 Å². The molecule has 1 aromatic heterocycles. The highest BCUT2D eigenvalue weighted by atomic mass is 35.5. The lowest BCUT2D eigenvalue weighted by atomic mass is 9.77. The molecule has 37 heavy (non-hydrogen) atoms. The van der Waals surface area contributed by atoms with Crippen LogP contribution in [0.3, 0.4) is 0 Å². The van der Waals surface area contributed by atoms with Crippen molar-refractivity contribution in [1.29, 1.82) is 0 Å². The van der Waals surface area contributed by atoms with Crippen LogP contribution in [0, 0.1) is 19.3 Å². The van der Waals surface area contributed by atoms with Gasteiger partial charge in [-0.3, -0.25) is 9.59 Å². The number of aromatic carboxylic acids is 1. The van der Waals surface area contributed by atoms with Crippen molar-refractivity contribution in [3.63, 3.8) is 0 Å². The Labute approximate surface area is 220 Å². The van der Waals surface area contributed by atoms with Gasteiger partial charge in [0.15, 0.2) is 5.76 Å². The van der Waals surface area contributed by atoms with Gasteiger partial charge in [-0.15, -0.1) is 0 Å². The molecule has 0 saturated carbocycles. The van der Waals surface area contributed by atoms with E-state index in [1.807, 2.05) is 21.9 Å². The Morgan fingerprint density at radius 3 is 2.05 bits per heavy atom. The summed E-state index contributed by atoms with van der Waals surface area (Å²) in [4.78, 5) is 41.5. The molecule has 2 aromatic carbocycles. The van der Waals surface area contributed by atoms with Crippen LogP contribution in [0.25, 0.3) is 11.3 Å². The fraction of sp³-hybridized carbons (Fsp3) is 0.345. The van der Waals surface area contributed by atoms with E-state index in [0.29, 0.717) is 59.4 Å². The Morgan fingerprint density at radius 2 is 1.46 bits per heavy atom. The Kier molecular flexibility index (Phi) is 6.58. The van der Waals surface area contributed by atoms with Crippen molar-refractivity contribution in [2.24, 2.45) is 5.41 Å². The molecule has 192 valence electrons. The molecule has 0 radical (unpaired) electrons. The highest BCUT2D eigenvalue weighted by molar-refractivity contribution is 6.30. The summed E-state index contributed by atoms with van der Waals surface area (Å²) in [6, 6.07) is 14.2. The zero-order valence-corrected chi connectivity index (χ0v) is 21.7. The first-order valence-corrected chi connectivity index (χ1v) is 12.8. The third kappa shape index (κ3) is 4.88. The maximum atomic E-state index is 13.2. The molecular weight excluding hydrogens is 492 g/mol. The number of furan rings is 1. The van der Waals surface area contributed by atoms with Crippen LogP contribution in [-0.2, 0) is 0 Å². The molecule has 2 saturated heterocycles. The van der Waals surface area contributed by atoms with E-state index in [1.165, 1.54) is 0 Å². The summed E-state index contributed by atoms with van der Waals surface area (Å²) < 4.78 is 5.88. The predicted octanol–water partition coefficient (Wildman–Crippen LogP) is 5.68. The molecule has 7 nitrogen and oxygen atoms in total. The zero-order valence-electron chi connectivity index (χ0n) is 20.9. The van der Waals surface area contributed by atoms with Gasteiger partial charge in [-0.05, 0) is 98.2 Å². The molecule has 1 spiro atoms. The highest BCUT2D eigenvalue weighted by Crippen LogP contribution is 2.41. The monoisotopic (exact) mass is 520 g/mol. The molecular formula is C29H29ClN2O5. The second-order valence-electron chi connectivity index (χ2n) is 10.2. The van der Waals surface area contributed by atoms with Gasteiger partial charge in [0, 0.05) is 42.3 Å². The summed E-state index contributed by atoms with van der Waals surface area (Å²) in [6.45, 7) is 5.98. The van der Waals surface area contributed by atoms with E-state index in [2.05, 4.69) is 0 Å². The zero-order chi connectivity index (χ0) is 26.3. The summed E-state index contributed by atoms with van der Waals surface area (Å²) >= 11 is 5.97. The van der Waals surface area contributed by atoms with E-state index < -0.39 is 5.97 Å². The van der Waals surface area contributed by atoms with Crippen LogP contribution in [0.4, 0.5) is 0 Å². The lowest BCUT2D eigenvalue weighted by molar-refractivity contribution is 0.0559. The van der Waals surface area contributed by atoms with Crippen LogP contribution in [0.2, 0.25) is 5.02 Å². The van der Waals surface area contributed by atoms with Crippen molar-refractivity contribution in [3.8, 4) is 11.3 Å². The van der Waals surface area contributed by atoms with E-state index in [-0.39, 0.29) is 22.8 Å². The van der Waals surface area contributed by atoms with Crippen molar-refractivity contribution in [1.82, 2.24) is 9.80 Å². The minimum Gasteiger partial charge on any atom is -0.478 e. The quantitative estimate of drug-likeness (QED) is 0.477. The van der Waals surface area contributed by atoms with Crippen LogP contribution < -0.4 is 0 Å². The summed E-state index contributed by atoms with van der Waals surface area (Å²) in [5, 5.41) is 10.0. The second-order valence-corrected chi connectivity index (χ2v) is 10.7. The number of aryl methyl sites for hydroxylation is 2. The average Bonchev–Trinajstić information content (AvgIpc) is 3.52. The SMILES string of the molecule is Cc1cc(C(=O)N2CCC3(CC2)CCN(C(=O)c2ccc(-c4ccc(Cl)cc4)o2)C3)cc(C)c1C(=O)O. The van der Waals surface area contributed by atoms with Gasteiger partial charge in [-0.2, -0.15) is 0 Å². The first-order valence-electron chi connectivity index (χ1n) is 12.4. The van der Waals surface area contributed by atoms with E-state index in [9.17, 15) is 19.5 Å². The number of halogens is 1. The fourth-order valence-corrected chi connectivity index (χ4v) is 5.81. The maximum absolute atomic E-state index is 13.2. The smallest absolute Gasteiger partial charge is 0.336 e. The van der Waals surface area contributed by atoms with Crippen LogP contribution in [0.1, 0.15) is 61.7 Å². The minimum atomic E-state index is -0.981. The molecule has 2 fully saturated rings. The number of carboxylic acid groups (broad SMARTS) is 1. The lowest BCUT2D eigenvalue weighted by Gasteiger charge is -2.39. The largest absolute Gasteiger partial charge is 0.478 e. The van der Waals surface area contributed by atoms with Crippen LogP contribution in [0.5, 0.6) is 0 Å². The number of carbonyl (C=O) groups excluding carboxylic acids is 2.